The average Bonchev–Trinajstić information content (AvgIpc) is 3.83. The number of likely N-dealkylation sites (N-methyl/N-ethyl adjacent to an activating group) is 1. The normalized spacial score (nSPS) is 54.4. The lowest BCUT2D eigenvalue weighted by Crippen LogP contribution is -2.83. The summed E-state index contributed by atoms with van der Waals surface area (Å²) in [5.41, 5.74) is 2.28. The van der Waals surface area contributed by atoms with Gasteiger partial charge >= 0.3 is 11.9 Å². The zero-order valence-corrected chi connectivity index (χ0v) is 32.7. The highest BCUT2D eigenvalue weighted by molar-refractivity contribution is 5.85. The third-order valence-corrected chi connectivity index (χ3v) is 19.8. The maximum Gasteiger partial charge on any atom is 0.362 e. The van der Waals surface area contributed by atoms with Crippen molar-refractivity contribution in [3.05, 3.63) is 41.5 Å². The molecule has 1 aromatic carbocycles. The predicted molar refractivity (Wildman–Crippen MR) is 201 cm³/mol. The van der Waals surface area contributed by atoms with Crippen molar-refractivity contribution in [3.8, 4) is 0 Å². The van der Waals surface area contributed by atoms with Crippen molar-refractivity contribution in [3.63, 3.8) is 0 Å². The minimum atomic E-state index is -0.739. The summed E-state index contributed by atoms with van der Waals surface area (Å²) in [5.74, 6) is 1.32. The van der Waals surface area contributed by atoms with Crippen molar-refractivity contribution in [1.29, 1.82) is 0 Å². The topological polar surface area (TPSA) is 117 Å². The Morgan fingerprint density at radius 2 is 1.83 bits per heavy atom. The Balaban J connectivity index is 0.829. The molecule has 5 bridgehead atoms. The molecule has 0 aromatic heterocycles. The van der Waals surface area contributed by atoms with Crippen molar-refractivity contribution in [2.45, 2.75) is 145 Å². The highest BCUT2D eigenvalue weighted by Crippen LogP contribution is 2.73. The fourth-order valence-electron chi connectivity index (χ4n) is 17.6. The molecule has 4 saturated heterocycles. The van der Waals surface area contributed by atoms with Gasteiger partial charge in [0.2, 0.25) is 0 Å². The van der Waals surface area contributed by atoms with E-state index in [0.29, 0.717) is 22.9 Å². The van der Waals surface area contributed by atoms with Gasteiger partial charge in [-0.25, -0.2) is 9.59 Å². The van der Waals surface area contributed by atoms with Crippen LogP contribution < -0.4 is 4.90 Å². The summed E-state index contributed by atoms with van der Waals surface area (Å²) in [5, 5.41) is 37.5. The number of carbonyl (C=O) groups excluding carboxylic acids is 2. The van der Waals surface area contributed by atoms with Gasteiger partial charge in [0.05, 0.1) is 29.2 Å². The van der Waals surface area contributed by atoms with E-state index in [1.165, 1.54) is 11.3 Å². The number of carbonyl (C=O) groups is 2. The van der Waals surface area contributed by atoms with E-state index in [4.69, 9.17) is 9.47 Å². The molecule has 11 aliphatic rings. The van der Waals surface area contributed by atoms with Crippen molar-refractivity contribution in [1.82, 2.24) is 0 Å². The first kappa shape index (κ1) is 34.8. The summed E-state index contributed by atoms with van der Waals surface area (Å²) >= 11 is 0. The second kappa shape index (κ2) is 11.1. The molecule has 5 aliphatic carbocycles. The second-order valence-corrected chi connectivity index (χ2v) is 20.7. The zero-order chi connectivity index (χ0) is 37.3. The van der Waals surface area contributed by atoms with Crippen LogP contribution in [0.4, 0.5) is 5.69 Å². The zero-order valence-electron chi connectivity index (χ0n) is 32.7. The van der Waals surface area contributed by atoms with Crippen LogP contribution in [0.1, 0.15) is 103 Å². The van der Waals surface area contributed by atoms with Gasteiger partial charge < -0.3 is 29.7 Å². The number of rotatable bonds is 5. The number of cyclic esters (lactones) is 1. The second-order valence-electron chi connectivity index (χ2n) is 20.7. The van der Waals surface area contributed by atoms with Gasteiger partial charge in [-0.05, 0) is 116 Å². The van der Waals surface area contributed by atoms with Gasteiger partial charge in [-0.2, -0.15) is 0 Å². The Bertz CT molecular complexity index is 1830. The lowest BCUT2D eigenvalue weighted by molar-refractivity contribution is -1.03. The number of nitrogens with zero attached hydrogens (tertiary/aromatic N) is 2. The molecule has 3 N–H and O–H groups in total. The van der Waals surface area contributed by atoms with Crippen molar-refractivity contribution >= 4 is 17.6 Å². The van der Waals surface area contributed by atoms with Crippen LogP contribution in [0.2, 0.25) is 0 Å². The van der Waals surface area contributed by atoms with Gasteiger partial charge in [-0.3, -0.25) is 4.48 Å². The number of aliphatic hydroxyl groups is 3. The van der Waals surface area contributed by atoms with Crippen molar-refractivity contribution in [2.75, 3.05) is 25.1 Å². The third kappa shape index (κ3) is 3.88. The number of hydrogen-bond donors (Lipinski definition) is 3. The van der Waals surface area contributed by atoms with E-state index >= 15 is 0 Å². The third-order valence-electron chi connectivity index (χ3n) is 19.8. The van der Waals surface area contributed by atoms with E-state index in [1.807, 2.05) is 0 Å². The molecule has 1 spiro atoms. The summed E-state index contributed by atoms with van der Waals surface area (Å²) in [4.78, 5) is 28.8. The van der Waals surface area contributed by atoms with Crippen LogP contribution in [-0.4, -0.2) is 94.1 Å². The van der Waals surface area contributed by atoms with Crippen LogP contribution >= 0.6 is 0 Å². The summed E-state index contributed by atoms with van der Waals surface area (Å²) in [6, 6.07) is 8.74. The Kier molecular flexibility index (Phi) is 7.17. The van der Waals surface area contributed by atoms with E-state index in [2.05, 4.69) is 57.0 Å². The number of anilines is 1. The number of fused-ring (bicyclic) bond motifs is 7. The molecule has 9 fully saturated rings. The number of para-hydroxylation sites is 1. The molecular weight excluding hydrogens is 681 g/mol. The highest BCUT2D eigenvalue weighted by atomic mass is 16.5. The molecular formula is C45H61N2O7+. The van der Waals surface area contributed by atoms with Gasteiger partial charge in [-0.15, -0.1) is 0 Å². The number of quaternary nitrogens is 1. The van der Waals surface area contributed by atoms with Gasteiger partial charge in [-0.1, -0.05) is 39.0 Å². The molecule has 0 amide bonds. The molecule has 9 heteroatoms. The predicted octanol–water partition coefficient (Wildman–Crippen LogP) is 5.24. The molecule has 0 unspecified atom stereocenters. The molecule has 292 valence electrons. The summed E-state index contributed by atoms with van der Waals surface area (Å²) in [6.45, 7) is 7.48. The van der Waals surface area contributed by atoms with Crippen molar-refractivity contribution in [2.24, 2.45) is 52.3 Å². The fourth-order valence-corrected chi connectivity index (χ4v) is 17.6. The highest BCUT2D eigenvalue weighted by Gasteiger charge is 2.83. The van der Waals surface area contributed by atoms with Crippen LogP contribution in [0.25, 0.3) is 0 Å². The molecule has 0 radical (unpaired) electrons. The number of hydrogen-bond acceptors (Lipinski definition) is 8. The van der Waals surface area contributed by atoms with Gasteiger partial charge in [0.25, 0.3) is 0 Å². The SMILES string of the molecule is CC[C@@H]1[C@@H]2C[C@H]3[C@@H]4N(C)c5ccccc5[C@@]45C[C@@H]([C@@H]2[C@@H]5O)[N@+]3(CC(=O)O[C@@H]2CC[C@@]3(C)[C@H](CC[C@@H]4[C@@H]3CC[C@]3(C)[C@H](C5=CC(=O)OC5)CC[C@]43O)C2)[C@@H]1O. The number of ether oxygens (including phenoxy) is 2. The number of aliphatic hydroxyl groups excluding tert-OH is 2. The van der Waals surface area contributed by atoms with E-state index in [1.54, 1.807) is 6.08 Å². The standard InChI is InChI=1S/C45H61N2O7/c1-5-27-28-20-34-39-44(32-8-6-7-9-33(32)46(39)4)21-35(38(28)40(44)50)47(34,41(27)51)22-37(49)54-26-12-15-42(2)25(19-26)10-11-31-30(42)13-16-43(3)29(14-17-45(31,43)52)24-18-36(48)53-23-24/h6-9,18,25-31,34-35,38-41,50-52H,5,10-17,19-23H2,1-4H3/q+1/t25-,26-,27-,28+,29+,30+,31-,34+,35+,38-,39+,40+,41-,42+,43-,44+,45+,47-/m1/s1. The van der Waals surface area contributed by atoms with Crippen LogP contribution in [0.15, 0.2) is 35.9 Å². The van der Waals surface area contributed by atoms with Crippen LogP contribution in [0, 0.1) is 52.3 Å². The lowest BCUT2D eigenvalue weighted by Gasteiger charge is -2.67. The molecule has 54 heavy (non-hydrogen) atoms. The maximum atomic E-state index is 14.5. The van der Waals surface area contributed by atoms with E-state index in [-0.39, 0.29) is 88.5 Å². The first-order valence-corrected chi connectivity index (χ1v) is 21.7. The average molecular weight is 742 g/mol. The van der Waals surface area contributed by atoms with Gasteiger partial charge in [0.1, 0.15) is 18.8 Å². The Labute approximate surface area is 320 Å². The van der Waals surface area contributed by atoms with Crippen LogP contribution in [-0.2, 0) is 24.5 Å². The minimum absolute atomic E-state index is 0.0370. The Hall–Kier alpha value is -2.46. The molecule has 6 aliphatic heterocycles. The van der Waals surface area contributed by atoms with E-state index in [9.17, 15) is 24.9 Å². The molecule has 9 nitrogen and oxygen atoms in total. The largest absolute Gasteiger partial charge is 0.458 e. The quantitative estimate of drug-likeness (QED) is 0.278. The molecule has 18 atom stereocenters. The molecule has 6 heterocycles. The van der Waals surface area contributed by atoms with E-state index < -0.39 is 17.9 Å². The summed E-state index contributed by atoms with van der Waals surface area (Å²) < 4.78 is 12.3. The first-order valence-electron chi connectivity index (χ1n) is 21.7. The minimum Gasteiger partial charge on any atom is -0.458 e. The monoisotopic (exact) mass is 741 g/mol. The lowest BCUT2D eigenvalue weighted by atomic mass is 9.43. The molecule has 1 aromatic rings. The Morgan fingerprint density at radius 3 is 2.61 bits per heavy atom. The summed E-state index contributed by atoms with van der Waals surface area (Å²) in [6.07, 6.45) is 11.5. The molecule has 5 saturated carbocycles. The van der Waals surface area contributed by atoms with Crippen LogP contribution in [0.5, 0.6) is 0 Å². The maximum absolute atomic E-state index is 14.5. The molecule has 12 rings (SSSR count). The number of esters is 2. The number of piperidine rings is 4. The Morgan fingerprint density at radius 1 is 1.02 bits per heavy atom. The smallest absolute Gasteiger partial charge is 0.362 e. The van der Waals surface area contributed by atoms with Gasteiger partial charge in [0, 0.05) is 48.9 Å². The van der Waals surface area contributed by atoms with Crippen LogP contribution in [0.3, 0.4) is 0 Å². The summed E-state index contributed by atoms with van der Waals surface area (Å²) in [7, 11) is 2.17. The van der Waals surface area contributed by atoms with Gasteiger partial charge in [0.15, 0.2) is 12.8 Å². The van der Waals surface area contributed by atoms with E-state index in [0.717, 1.165) is 82.6 Å². The first-order chi connectivity index (χ1) is 25.8. The van der Waals surface area contributed by atoms with Crippen molar-refractivity contribution < 1.29 is 38.9 Å². The number of benzene rings is 1. The fraction of sp³-hybridized carbons (Fsp3) is 0.778.